The van der Waals surface area contributed by atoms with Crippen molar-refractivity contribution in [2.45, 2.75) is 19.8 Å². The maximum atomic E-state index is 9.41. The Hall–Kier alpha value is -1.44. The first kappa shape index (κ1) is 8.17. The van der Waals surface area contributed by atoms with Crippen molar-refractivity contribution in [3.05, 3.63) is 30.0 Å². The lowest BCUT2D eigenvalue weighted by Crippen LogP contribution is -1.80. The van der Waals surface area contributed by atoms with Crippen molar-refractivity contribution in [2.75, 3.05) is 0 Å². The van der Waals surface area contributed by atoms with Gasteiger partial charge in [0.05, 0.1) is 5.39 Å². The van der Waals surface area contributed by atoms with Gasteiger partial charge < -0.3 is 9.52 Å². The first-order valence-corrected chi connectivity index (χ1v) is 4.50. The molecule has 0 aliphatic carbocycles. The van der Waals surface area contributed by atoms with Crippen molar-refractivity contribution >= 4 is 11.0 Å². The van der Waals surface area contributed by atoms with E-state index < -0.39 is 0 Å². The van der Waals surface area contributed by atoms with E-state index in [0.717, 1.165) is 23.8 Å². The zero-order valence-corrected chi connectivity index (χ0v) is 7.58. The Morgan fingerprint density at radius 2 is 2.23 bits per heavy atom. The lowest BCUT2D eigenvalue weighted by atomic mass is 10.1. The fraction of sp³-hybridized carbons (Fsp3) is 0.273. The molecule has 0 atom stereocenters. The van der Waals surface area contributed by atoms with E-state index in [4.69, 9.17) is 4.42 Å². The van der Waals surface area contributed by atoms with Gasteiger partial charge in [0.1, 0.15) is 11.8 Å². The predicted octanol–water partition coefficient (Wildman–Crippen LogP) is 3.09. The standard InChI is InChI=1S/C11H12O2/c1-2-3-8-4-5-11-9(6-8)10(12)7-13-11/h4-7,12H,2-3H2,1H3. The van der Waals surface area contributed by atoms with Gasteiger partial charge in [0.15, 0.2) is 5.75 Å². The van der Waals surface area contributed by atoms with Crippen LogP contribution in [0.15, 0.2) is 28.9 Å². The monoisotopic (exact) mass is 176 g/mol. The highest BCUT2D eigenvalue weighted by Crippen LogP contribution is 2.27. The Morgan fingerprint density at radius 1 is 1.38 bits per heavy atom. The molecule has 0 spiro atoms. The van der Waals surface area contributed by atoms with Crippen molar-refractivity contribution in [3.8, 4) is 5.75 Å². The number of furan rings is 1. The number of hydrogen-bond donors (Lipinski definition) is 1. The summed E-state index contributed by atoms with van der Waals surface area (Å²) in [6.45, 7) is 2.14. The molecule has 0 amide bonds. The van der Waals surface area contributed by atoms with Gasteiger partial charge in [-0.25, -0.2) is 0 Å². The summed E-state index contributed by atoms with van der Waals surface area (Å²) in [5, 5.41) is 10.2. The first-order valence-electron chi connectivity index (χ1n) is 4.50. The van der Waals surface area contributed by atoms with Crippen LogP contribution in [0.3, 0.4) is 0 Å². The molecule has 1 aromatic heterocycles. The predicted molar refractivity (Wildman–Crippen MR) is 51.9 cm³/mol. The summed E-state index contributed by atoms with van der Waals surface area (Å²) in [6, 6.07) is 5.92. The van der Waals surface area contributed by atoms with Gasteiger partial charge >= 0.3 is 0 Å². The summed E-state index contributed by atoms with van der Waals surface area (Å²) >= 11 is 0. The van der Waals surface area contributed by atoms with Crippen LogP contribution in [0.25, 0.3) is 11.0 Å². The van der Waals surface area contributed by atoms with Gasteiger partial charge in [-0.3, -0.25) is 0 Å². The molecule has 1 N–H and O–H groups in total. The van der Waals surface area contributed by atoms with Gasteiger partial charge in [-0.05, 0) is 24.1 Å². The third-order valence-electron chi connectivity index (χ3n) is 2.16. The highest BCUT2D eigenvalue weighted by molar-refractivity contribution is 5.84. The molecule has 2 nitrogen and oxygen atoms in total. The largest absolute Gasteiger partial charge is 0.504 e. The van der Waals surface area contributed by atoms with Gasteiger partial charge in [-0.2, -0.15) is 0 Å². The highest BCUT2D eigenvalue weighted by Gasteiger charge is 2.04. The molecule has 13 heavy (non-hydrogen) atoms. The van der Waals surface area contributed by atoms with Gasteiger partial charge in [0.2, 0.25) is 0 Å². The number of fused-ring (bicyclic) bond motifs is 1. The van der Waals surface area contributed by atoms with E-state index in [9.17, 15) is 5.11 Å². The van der Waals surface area contributed by atoms with E-state index in [-0.39, 0.29) is 5.75 Å². The summed E-state index contributed by atoms with van der Waals surface area (Å²) < 4.78 is 5.13. The third-order valence-corrected chi connectivity index (χ3v) is 2.16. The second-order valence-electron chi connectivity index (χ2n) is 3.20. The molecule has 0 bridgehead atoms. The van der Waals surface area contributed by atoms with Gasteiger partial charge in [0, 0.05) is 0 Å². The van der Waals surface area contributed by atoms with Crippen LogP contribution in [0, 0.1) is 0 Å². The zero-order valence-electron chi connectivity index (χ0n) is 7.58. The SMILES string of the molecule is CCCc1ccc2occ(O)c2c1. The average molecular weight is 176 g/mol. The van der Waals surface area contributed by atoms with Crippen LogP contribution in [0.5, 0.6) is 5.75 Å². The summed E-state index contributed by atoms with van der Waals surface area (Å²) in [5.41, 5.74) is 1.99. The summed E-state index contributed by atoms with van der Waals surface area (Å²) in [4.78, 5) is 0. The fourth-order valence-electron chi connectivity index (χ4n) is 1.51. The molecular formula is C11H12O2. The molecule has 2 aromatic rings. The molecule has 0 saturated carbocycles. The van der Waals surface area contributed by atoms with Crippen molar-refractivity contribution < 1.29 is 9.52 Å². The van der Waals surface area contributed by atoms with E-state index in [1.807, 2.05) is 18.2 Å². The van der Waals surface area contributed by atoms with Crippen molar-refractivity contribution in [2.24, 2.45) is 0 Å². The molecule has 0 saturated heterocycles. The topological polar surface area (TPSA) is 33.4 Å². The molecule has 2 heteroatoms. The molecule has 0 fully saturated rings. The lowest BCUT2D eigenvalue weighted by Gasteiger charge is -1.97. The second-order valence-corrected chi connectivity index (χ2v) is 3.20. The van der Waals surface area contributed by atoms with Crippen molar-refractivity contribution in [1.29, 1.82) is 0 Å². The number of aryl methyl sites for hydroxylation is 1. The number of aromatic hydroxyl groups is 1. The average Bonchev–Trinajstić information content (AvgIpc) is 2.49. The third kappa shape index (κ3) is 1.39. The van der Waals surface area contributed by atoms with E-state index in [2.05, 4.69) is 6.92 Å². The minimum Gasteiger partial charge on any atom is -0.504 e. The van der Waals surface area contributed by atoms with Crippen LogP contribution in [-0.2, 0) is 6.42 Å². The molecule has 1 heterocycles. The maximum absolute atomic E-state index is 9.41. The molecule has 0 aliphatic heterocycles. The summed E-state index contributed by atoms with van der Waals surface area (Å²) in [7, 11) is 0. The number of hydrogen-bond acceptors (Lipinski definition) is 2. The Morgan fingerprint density at radius 3 is 3.00 bits per heavy atom. The van der Waals surface area contributed by atoms with E-state index in [1.54, 1.807) is 0 Å². The highest BCUT2D eigenvalue weighted by atomic mass is 16.4. The quantitative estimate of drug-likeness (QED) is 0.762. The van der Waals surface area contributed by atoms with Crippen LogP contribution in [0.1, 0.15) is 18.9 Å². The lowest BCUT2D eigenvalue weighted by molar-refractivity contribution is 0.464. The molecule has 0 aliphatic rings. The van der Waals surface area contributed by atoms with Crippen molar-refractivity contribution in [1.82, 2.24) is 0 Å². The Bertz CT molecular complexity index is 415. The second kappa shape index (κ2) is 3.13. The van der Waals surface area contributed by atoms with Gasteiger partial charge in [-0.15, -0.1) is 0 Å². The van der Waals surface area contributed by atoms with Gasteiger partial charge in [0.25, 0.3) is 0 Å². The normalized spacial score (nSPS) is 10.8. The Labute approximate surface area is 76.8 Å². The number of benzene rings is 1. The minimum atomic E-state index is 0.230. The van der Waals surface area contributed by atoms with Crippen molar-refractivity contribution in [3.63, 3.8) is 0 Å². The van der Waals surface area contributed by atoms with Crippen LogP contribution in [0.2, 0.25) is 0 Å². The Balaban J connectivity index is 2.53. The van der Waals surface area contributed by atoms with Crippen LogP contribution in [-0.4, -0.2) is 5.11 Å². The van der Waals surface area contributed by atoms with Crippen LogP contribution >= 0.6 is 0 Å². The summed E-state index contributed by atoms with van der Waals surface area (Å²) in [5.74, 6) is 0.230. The molecule has 1 aromatic carbocycles. The zero-order chi connectivity index (χ0) is 9.26. The maximum Gasteiger partial charge on any atom is 0.161 e. The number of rotatable bonds is 2. The van der Waals surface area contributed by atoms with Crippen LogP contribution in [0.4, 0.5) is 0 Å². The first-order chi connectivity index (χ1) is 6.31. The van der Waals surface area contributed by atoms with E-state index in [0.29, 0.717) is 0 Å². The van der Waals surface area contributed by atoms with E-state index >= 15 is 0 Å². The smallest absolute Gasteiger partial charge is 0.161 e. The fourth-order valence-corrected chi connectivity index (χ4v) is 1.51. The minimum absolute atomic E-state index is 0.230. The van der Waals surface area contributed by atoms with Gasteiger partial charge in [-0.1, -0.05) is 19.4 Å². The molecule has 0 unspecified atom stereocenters. The molecule has 2 rings (SSSR count). The summed E-state index contributed by atoms with van der Waals surface area (Å²) in [6.07, 6.45) is 3.53. The Kier molecular flexibility index (Phi) is 1.97. The molecule has 0 radical (unpaired) electrons. The van der Waals surface area contributed by atoms with E-state index in [1.165, 1.54) is 11.8 Å². The molecular weight excluding hydrogens is 164 g/mol. The van der Waals surface area contributed by atoms with Crippen LogP contribution < -0.4 is 0 Å². The molecule has 68 valence electrons.